The molecule has 0 radical (unpaired) electrons. The van der Waals surface area contributed by atoms with Gasteiger partial charge in [-0.1, -0.05) is 34.1 Å². The molecule has 5 nitrogen and oxygen atoms in total. The number of aliphatic imine (C=N–C) groups is 1. The van der Waals surface area contributed by atoms with Gasteiger partial charge in [0.25, 0.3) is 0 Å². The van der Waals surface area contributed by atoms with Crippen LogP contribution in [0.5, 0.6) is 0 Å². The lowest BCUT2D eigenvalue weighted by molar-refractivity contribution is 0.0671. The molecule has 1 saturated carbocycles. The first kappa shape index (κ1) is 18.8. The van der Waals surface area contributed by atoms with Crippen LogP contribution in [-0.4, -0.2) is 28.6 Å². The van der Waals surface area contributed by atoms with Crippen LogP contribution in [0.25, 0.3) is 0 Å². The molecule has 1 aliphatic carbocycles. The van der Waals surface area contributed by atoms with Gasteiger partial charge in [-0.3, -0.25) is 4.57 Å². The molecule has 1 aromatic heterocycles. The van der Waals surface area contributed by atoms with E-state index in [1.54, 1.807) is 0 Å². The van der Waals surface area contributed by atoms with Crippen molar-refractivity contribution in [3.05, 3.63) is 52.5 Å². The van der Waals surface area contributed by atoms with Gasteiger partial charge in [0.05, 0.1) is 0 Å². The van der Waals surface area contributed by atoms with Gasteiger partial charge in [-0.25, -0.2) is 9.98 Å². The van der Waals surface area contributed by atoms with Crippen molar-refractivity contribution in [3.63, 3.8) is 0 Å². The number of hydrogen-bond donors (Lipinski definition) is 2. The van der Waals surface area contributed by atoms with Crippen molar-refractivity contribution in [1.82, 2.24) is 20.2 Å². The molecule has 3 rings (SSSR count). The van der Waals surface area contributed by atoms with Crippen LogP contribution in [0.1, 0.15) is 37.7 Å². The number of nitrogens with zero attached hydrogens (tertiary/aromatic N) is 3. The highest BCUT2D eigenvalue weighted by molar-refractivity contribution is 9.10. The van der Waals surface area contributed by atoms with Crippen LogP contribution in [-0.2, 0) is 12.0 Å². The summed E-state index contributed by atoms with van der Waals surface area (Å²) in [5.41, 5.74) is 1.38. The van der Waals surface area contributed by atoms with Crippen molar-refractivity contribution < 1.29 is 8.78 Å². The number of benzene rings is 1. The van der Waals surface area contributed by atoms with E-state index in [9.17, 15) is 8.78 Å². The van der Waals surface area contributed by atoms with Crippen LogP contribution in [0.2, 0.25) is 0 Å². The molecule has 8 heteroatoms. The van der Waals surface area contributed by atoms with Crippen LogP contribution >= 0.6 is 15.9 Å². The predicted octanol–water partition coefficient (Wildman–Crippen LogP) is 3.83. The number of halogens is 3. The van der Waals surface area contributed by atoms with Gasteiger partial charge < -0.3 is 10.6 Å². The van der Waals surface area contributed by atoms with E-state index < -0.39 is 6.55 Å². The molecule has 0 saturated heterocycles. The smallest absolute Gasteiger partial charge is 0.319 e. The fraction of sp³-hybridized carbons (Fsp3) is 0.444. The fourth-order valence-corrected chi connectivity index (χ4v) is 3.68. The number of aromatic nitrogens is 2. The lowest BCUT2D eigenvalue weighted by Gasteiger charge is -2.20. The van der Waals surface area contributed by atoms with Crippen LogP contribution in [0.4, 0.5) is 8.78 Å². The highest BCUT2D eigenvalue weighted by Gasteiger charge is 2.45. The second-order valence-corrected chi connectivity index (χ2v) is 7.19. The number of rotatable bonds is 7. The summed E-state index contributed by atoms with van der Waals surface area (Å²) in [5.74, 6) is 0.846. The van der Waals surface area contributed by atoms with Crippen molar-refractivity contribution in [2.75, 3.05) is 13.1 Å². The zero-order valence-corrected chi connectivity index (χ0v) is 16.1. The van der Waals surface area contributed by atoms with Crippen molar-refractivity contribution in [2.45, 2.75) is 38.3 Å². The molecule has 2 aromatic rings. The molecular formula is C18H22BrF2N5. The van der Waals surface area contributed by atoms with Gasteiger partial charge in [0.1, 0.15) is 12.4 Å². The number of guanidine groups is 1. The van der Waals surface area contributed by atoms with Crippen molar-refractivity contribution >= 4 is 21.9 Å². The van der Waals surface area contributed by atoms with Crippen molar-refractivity contribution in [1.29, 1.82) is 0 Å². The Balaban J connectivity index is 1.67. The minimum absolute atomic E-state index is 0.0920. The Morgan fingerprint density at radius 2 is 2.12 bits per heavy atom. The highest BCUT2D eigenvalue weighted by atomic mass is 79.9. The molecule has 0 atom stereocenters. The largest absolute Gasteiger partial charge is 0.357 e. The van der Waals surface area contributed by atoms with Crippen LogP contribution < -0.4 is 10.6 Å². The number of nitrogens with one attached hydrogen (secondary N) is 2. The lowest BCUT2D eigenvalue weighted by Crippen LogP contribution is -2.41. The number of hydrogen-bond acceptors (Lipinski definition) is 2. The summed E-state index contributed by atoms with van der Waals surface area (Å²) in [6.45, 7) is 0.887. The third-order valence-electron chi connectivity index (χ3n) is 4.57. The Morgan fingerprint density at radius 1 is 1.35 bits per heavy atom. The monoisotopic (exact) mass is 425 g/mol. The summed E-state index contributed by atoms with van der Waals surface area (Å²) in [5, 5.41) is 6.52. The van der Waals surface area contributed by atoms with Gasteiger partial charge in [-0.05, 0) is 31.4 Å². The zero-order valence-electron chi connectivity index (χ0n) is 14.6. The van der Waals surface area contributed by atoms with E-state index in [0.29, 0.717) is 12.5 Å². The predicted molar refractivity (Wildman–Crippen MR) is 101 cm³/mol. The van der Waals surface area contributed by atoms with Gasteiger partial charge in [0, 0.05) is 35.4 Å². The summed E-state index contributed by atoms with van der Waals surface area (Å²) < 4.78 is 27.8. The van der Waals surface area contributed by atoms with E-state index in [4.69, 9.17) is 0 Å². The number of imidazole rings is 1. The molecule has 0 unspecified atom stereocenters. The summed E-state index contributed by atoms with van der Waals surface area (Å²) >= 11 is 3.63. The Bertz CT molecular complexity index is 770. The topological polar surface area (TPSA) is 54.2 Å². The first-order valence-electron chi connectivity index (χ1n) is 8.63. The summed E-state index contributed by atoms with van der Waals surface area (Å²) in [4.78, 5) is 8.38. The van der Waals surface area contributed by atoms with Crippen molar-refractivity contribution in [3.8, 4) is 0 Å². The average molecular weight is 426 g/mol. The molecule has 1 aliphatic rings. The first-order chi connectivity index (χ1) is 12.6. The van der Waals surface area contributed by atoms with E-state index in [0.717, 1.165) is 28.4 Å². The van der Waals surface area contributed by atoms with Crippen LogP contribution in [0.3, 0.4) is 0 Å². The molecule has 0 amide bonds. The standard InChI is InChI=1S/C18H22BrF2N5/c1-2-22-17(24-11-15-23-9-10-26(15)16(20)21)25-12-18(7-8-18)13-5-3-4-6-14(13)19/h3-6,9-10,16H,2,7-8,11-12H2,1H3,(H2,22,24,25). The zero-order chi connectivity index (χ0) is 18.6. The first-order valence-corrected chi connectivity index (χ1v) is 9.42. The molecule has 1 heterocycles. The summed E-state index contributed by atoms with van der Waals surface area (Å²) in [6.07, 6.45) is 4.85. The molecule has 26 heavy (non-hydrogen) atoms. The van der Waals surface area contributed by atoms with Crippen molar-refractivity contribution in [2.24, 2.45) is 4.99 Å². The average Bonchev–Trinajstić information content (AvgIpc) is 3.25. The fourth-order valence-electron chi connectivity index (χ4n) is 2.97. The minimum Gasteiger partial charge on any atom is -0.357 e. The maximum atomic E-state index is 12.9. The molecule has 1 fully saturated rings. The quantitative estimate of drug-likeness (QED) is 0.523. The van der Waals surface area contributed by atoms with Gasteiger partial charge in [0.2, 0.25) is 0 Å². The van der Waals surface area contributed by atoms with Crippen LogP contribution in [0, 0.1) is 0 Å². The van der Waals surface area contributed by atoms with Gasteiger partial charge >= 0.3 is 6.55 Å². The molecule has 0 spiro atoms. The Hall–Kier alpha value is -1.96. The Morgan fingerprint density at radius 3 is 2.77 bits per heavy atom. The third-order valence-corrected chi connectivity index (χ3v) is 5.27. The molecule has 1 aromatic carbocycles. The van der Waals surface area contributed by atoms with E-state index in [2.05, 4.69) is 48.7 Å². The highest BCUT2D eigenvalue weighted by Crippen LogP contribution is 2.49. The van der Waals surface area contributed by atoms with Gasteiger partial charge in [-0.2, -0.15) is 8.78 Å². The maximum Gasteiger partial charge on any atom is 0.319 e. The Kier molecular flexibility index (Phi) is 5.90. The lowest BCUT2D eigenvalue weighted by atomic mass is 9.96. The van der Waals surface area contributed by atoms with Gasteiger partial charge in [-0.15, -0.1) is 0 Å². The normalized spacial score (nSPS) is 16.0. The summed E-state index contributed by atoms with van der Waals surface area (Å²) in [6, 6.07) is 8.25. The number of alkyl halides is 2. The molecule has 0 bridgehead atoms. The molecular weight excluding hydrogens is 404 g/mol. The SMILES string of the molecule is CCNC(=NCc1nccn1C(F)F)NCC1(c2ccccc2Br)CC1. The third kappa shape index (κ3) is 4.23. The Labute approximate surface area is 160 Å². The van der Waals surface area contributed by atoms with E-state index in [-0.39, 0.29) is 17.8 Å². The van der Waals surface area contributed by atoms with Crippen LogP contribution in [0.15, 0.2) is 46.1 Å². The van der Waals surface area contributed by atoms with E-state index in [1.165, 1.54) is 18.0 Å². The second-order valence-electron chi connectivity index (χ2n) is 6.34. The van der Waals surface area contributed by atoms with E-state index >= 15 is 0 Å². The van der Waals surface area contributed by atoms with E-state index in [1.807, 2.05) is 19.1 Å². The minimum atomic E-state index is -2.61. The summed E-state index contributed by atoms with van der Waals surface area (Å²) in [7, 11) is 0. The van der Waals surface area contributed by atoms with Gasteiger partial charge in [0.15, 0.2) is 5.96 Å². The second kappa shape index (κ2) is 8.16. The molecule has 0 aliphatic heterocycles. The maximum absolute atomic E-state index is 12.9. The molecule has 140 valence electrons. The molecule has 2 N–H and O–H groups in total.